The molecule has 0 bridgehead atoms. The zero-order valence-corrected chi connectivity index (χ0v) is 20.3. The van der Waals surface area contributed by atoms with Crippen molar-refractivity contribution in [3.8, 4) is 0 Å². The molecule has 1 saturated heterocycles. The van der Waals surface area contributed by atoms with Gasteiger partial charge in [-0.1, -0.05) is 91.0 Å². The molecule has 1 aliphatic rings. The number of ether oxygens (including phenoxy) is 4. The zero-order valence-electron chi connectivity index (χ0n) is 20.3. The number of rotatable bonds is 9. The number of aliphatic imine (C=N–C) groups is 1. The molecule has 0 N–H and O–H groups in total. The minimum Gasteiger partial charge on any atom is -0.467 e. The number of hydrogen-bond donors (Lipinski definition) is 0. The molecule has 3 aromatic carbocycles. The molecule has 0 unspecified atom stereocenters. The molecule has 3 atom stereocenters. The van der Waals surface area contributed by atoms with Crippen molar-refractivity contribution in [1.82, 2.24) is 0 Å². The van der Waals surface area contributed by atoms with Crippen LogP contribution >= 0.6 is 0 Å². The van der Waals surface area contributed by atoms with Gasteiger partial charge in [0, 0.05) is 11.1 Å². The smallest absolute Gasteiger partial charge is 0.337 e. The molecule has 182 valence electrons. The van der Waals surface area contributed by atoms with E-state index in [1.54, 1.807) is 13.8 Å². The second-order valence-corrected chi connectivity index (χ2v) is 8.82. The molecule has 0 amide bonds. The van der Waals surface area contributed by atoms with Crippen molar-refractivity contribution in [2.75, 3.05) is 13.7 Å². The molecule has 0 radical (unpaired) electrons. The average Bonchev–Trinajstić information content (AvgIpc) is 3.22. The number of carbonyl (C=O) groups is 1. The van der Waals surface area contributed by atoms with Crippen LogP contribution in [0, 0.1) is 0 Å². The lowest BCUT2D eigenvalue weighted by Gasteiger charge is -2.24. The minimum absolute atomic E-state index is 0.232. The summed E-state index contributed by atoms with van der Waals surface area (Å²) in [4.78, 5) is 17.8. The third-order valence-electron chi connectivity index (χ3n) is 5.73. The first-order chi connectivity index (χ1) is 17.0. The maximum Gasteiger partial charge on any atom is 0.337 e. The van der Waals surface area contributed by atoms with Crippen LogP contribution in [0.3, 0.4) is 0 Å². The summed E-state index contributed by atoms with van der Waals surface area (Å²) in [7, 11) is 1.34. The summed E-state index contributed by atoms with van der Waals surface area (Å²) in [5, 5.41) is 0. The average molecular weight is 474 g/mol. The number of carbonyl (C=O) groups excluding carboxylic acids is 1. The normalized spacial score (nSPS) is 19.6. The highest BCUT2D eigenvalue weighted by atomic mass is 16.8. The maximum atomic E-state index is 12.6. The van der Waals surface area contributed by atoms with Crippen LogP contribution in [-0.4, -0.2) is 49.4 Å². The lowest BCUT2D eigenvalue weighted by atomic mass is 10.0. The molecule has 35 heavy (non-hydrogen) atoms. The highest BCUT2D eigenvalue weighted by molar-refractivity contribution is 6.13. The number of benzene rings is 3. The molecular weight excluding hydrogens is 442 g/mol. The van der Waals surface area contributed by atoms with Crippen LogP contribution in [0.2, 0.25) is 0 Å². The summed E-state index contributed by atoms with van der Waals surface area (Å²) < 4.78 is 23.3. The van der Waals surface area contributed by atoms with Crippen LogP contribution in [-0.2, 0) is 30.3 Å². The van der Waals surface area contributed by atoms with Gasteiger partial charge in [-0.15, -0.1) is 0 Å². The van der Waals surface area contributed by atoms with Crippen LogP contribution in [0.4, 0.5) is 0 Å². The summed E-state index contributed by atoms with van der Waals surface area (Å²) in [6, 6.07) is 29.3. The second kappa shape index (κ2) is 11.4. The van der Waals surface area contributed by atoms with Gasteiger partial charge in [0.2, 0.25) is 0 Å². The monoisotopic (exact) mass is 473 g/mol. The molecule has 1 aliphatic heterocycles. The van der Waals surface area contributed by atoms with Gasteiger partial charge in [0.05, 0.1) is 26.0 Å². The van der Waals surface area contributed by atoms with E-state index >= 15 is 0 Å². The van der Waals surface area contributed by atoms with E-state index in [0.29, 0.717) is 6.61 Å². The minimum atomic E-state index is -0.962. The predicted octanol–water partition coefficient (Wildman–Crippen LogP) is 4.80. The van der Waals surface area contributed by atoms with Crippen molar-refractivity contribution in [3.05, 3.63) is 108 Å². The van der Waals surface area contributed by atoms with Gasteiger partial charge in [0.1, 0.15) is 12.1 Å². The fraction of sp³-hybridized carbons (Fsp3) is 0.310. The Hall–Kier alpha value is -3.32. The van der Waals surface area contributed by atoms with Crippen molar-refractivity contribution in [2.45, 2.75) is 44.5 Å². The fourth-order valence-electron chi connectivity index (χ4n) is 4.12. The maximum absolute atomic E-state index is 12.6. The lowest BCUT2D eigenvalue weighted by Crippen LogP contribution is -2.42. The molecular formula is C29H31NO5. The molecule has 6 heteroatoms. The first-order valence-corrected chi connectivity index (χ1v) is 11.7. The Morgan fingerprint density at radius 3 is 1.97 bits per heavy atom. The molecule has 0 saturated carbocycles. The first-order valence-electron chi connectivity index (χ1n) is 11.7. The van der Waals surface area contributed by atoms with Crippen LogP contribution in [0.5, 0.6) is 0 Å². The topological polar surface area (TPSA) is 66.4 Å². The van der Waals surface area contributed by atoms with E-state index in [1.165, 1.54) is 7.11 Å². The molecule has 4 rings (SSSR count). The van der Waals surface area contributed by atoms with Gasteiger partial charge in [0.15, 0.2) is 11.9 Å². The van der Waals surface area contributed by atoms with E-state index in [0.717, 1.165) is 22.4 Å². The Balaban J connectivity index is 1.71. The summed E-state index contributed by atoms with van der Waals surface area (Å²) in [5.41, 5.74) is 3.76. The van der Waals surface area contributed by atoms with Gasteiger partial charge in [-0.25, -0.2) is 4.79 Å². The predicted molar refractivity (Wildman–Crippen MR) is 134 cm³/mol. The van der Waals surface area contributed by atoms with Gasteiger partial charge < -0.3 is 18.9 Å². The van der Waals surface area contributed by atoms with Gasteiger partial charge >= 0.3 is 5.97 Å². The van der Waals surface area contributed by atoms with Crippen LogP contribution in [0.25, 0.3) is 0 Å². The third-order valence-corrected chi connectivity index (χ3v) is 5.73. The van der Waals surface area contributed by atoms with Crippen molar-refractivity contribution < 1.29 is 23.7 Å². The van der Waals surface area contributed by atoms with E-state index in [4.69, 9.17) is 23.9 Å². The molecule has 0 aromatic heterocycles. The lowest BCUT2D eigenvalue weighted by molar-refractivity contribution is -0.168. The van der Waals surface area contributed by atoms with Crippen molar-refractivity contribution in [3.63, 3.8) is 0 Å². The zero-order chi connectivity index (χ0) is 24.7. The van der Waals surface area contributed by atoms with E-state index in [9.17, 15) is 4.79 Å². The molecule has 0 spiro atoms. The standard InChI is InChI=1S/C29H31NO5/c1-29(2)34-26(27(35-29)28(31)32-3)24(20-33-19-21-13-7-4-8-14-21)30-25(22-15-9-5-10-16-22)23-17-11-6-12-18-23/h4-18,24,26-27H,19-20H2,1-3H3/t24-,26+,27+/m1/s1. The summed E-state index contributed by atoms with van der Waals surface area (Å²) in [6.07, 6.45) is -1.60. The SMILES string of the molecule is COC(=O)[C@H]1OC(C)(C)O[C@H]1[C@@H](COCc1ccccc1)N=C(c1ccccc1)c1ccccc1. The number of esters is 1. The molecule has 1 fully saturated rings. The molecule has 0 aliphatic carbocycles. The largest absolute Gasteiger partial charge is 0.467 e. The summed E-state index contributed by atoms with van der Waals surface area (Å²) in [5.74, 6) is -1.46. The van der Waals surface area contributed by atoms with Gasteiger partial charge in [-0.3, -0.25) is 4.99 Å². The van der Waals surface area contributed by atoms with Crippen molar-refractivity contribution in [1.29, 1.82) is 0 Å². The Bertz CT molecular complexity index is 1070. The van der Waals surface area contributed by atoms with Gasteiger partial charge in [0.25, 0.3) is 0 Å². The van der Waals surface area contributed by atoms with E-state index in [-0.39, 0.29) is 6.61 Å². The summed E-state index contributed by atoms with van der Waals surface area (Å²) in [6.45, 7) is 4.21. The Morgan fingerprint density at radius 1 is 0.886 bits per heavy atom. The van der Waals surface area contributed by atoms with Gasteiger partial charge in [-0.05, 0) is 19.4 Å². The summed E-state index contributed by atoms with van der Waals surface area (Å²) >= 11 is 0. The van der Waals surface area contributed by atoms with Crippen LogP contribution in [0.15, 0.2) is 96.0 Å². The highest BCUT2D eigenvalue weighted by Gasteiger charge is 2.49. The Morgan fingerprint density at radius 2 is 1.43 bits per heavy atom. The molecule has 1 heterocycles. The molecule has 6 nitrogen and oxygen atoms in total. The van der Waals surface area contributed by atoms with Gasteiger partial charge in [-0.2, -0.15) is 0 Å². The Labute approximate surface area is 206 Å². The number of hydrogen-bond acceptors (Lipinski definition) is 6. The van der Waals surface area contributed by atoms with Crippen LogP contribution in [0.1, 0.15) is 30.5 Å². The van der Waals surface area contributed by atoms with E-state index in [1.807, 2.05) is 91.0 Å². The van der Waals surface area contributed by atoms with Crippen molar-refractivity contribution in [2.24, 2.45) is 4.99 Å². The highest BCUT2D eigenvalue weighted by Crippen LogP contribution is 2.32. The van der Waals surface area contributed by atoms with Crippen molar-refractivity contribution >= 4 is 11.7 Å². The van der Waals surface area contributed by atoms with E-state index in [2.05, 4.69) is 0 Å². The van der Waals surface area contributed by atoms with E-state index < -0.39 is 30.0 Å². The number of methoxy groups -OCH3 is 1. The quantitative estimate of drug-likeness (QED) is 0.330. The molecule has 3 aromatic rings. The second-order valence-electron chi connectivity index (χ2n) is 8.82. The Kier molecular flexibility index (Phi) is 8.08. The first kappa shape index (κ1) is 24.8. The van der Waals surface area contributed by atoms with Crippen LogP contribution < -0.4 is 0 Å². The number of nitrogens with zero attached hydrogens (tertiary/aromatic N) is 1. The fourth-order valence-corrected chi connectivity index (χ4v) is 4.12. The third kappa shape index (κ3) is 6.42.